The van der Waals surface area contributed by atoms with E-state index < -0.39 is 0 Å². The second-order valence-corrected chi connectivity index (χ2v) is 9.56. The number of likely N-dealkylation sites (tertiary alicyclic amines) is 2. The van der Waals surface area contributed by atoms with Gasteiger partial charge in [0.05, 0.1) is 18.8 Å². The van der Waals surface area contributed by atoms with Crippen molar-refractivity contribution in [3.05, 3.63) is 35.4 Å². The summed E-state index contributed by atoms with van der Waals surface area (Å²) in [4.78, 5) is 9.47. The van der Waals surface area contributed by atoms with E-state index >= 15 is 0 Å². The van der Waals surface area contributed by atoms with E-state index in [4.69, 9.17) is 9.47 Å². The second kappa shape index (κ2) is 14.5. The highest BCUT2D eigenvalue weighted by Crippen LogP contribution is 2.18. The molecule has 1 N–H and O–H groups in total. The Morgan fingerprint density at radius 2 is 1.70 bits per heavy atom. The summed E-state index contributed by atoms with van der Waals surface area (Å²) in [5.41, 5.74) is 2.72. The van der Waals surface area contributed by atoms with Gasteiger partial charge >= 0.3 is 0 Å². The van der Waals surface area contributed by atoms with Crippen LogP contribution in [0.4, 0.5) is 0 Å². The van der Waals surface area contributed by atoms with E-state index in [2.05, 4.69) is 44.4 Å². The minimum atomic E-state index is 0. The van der Waals surface area contributed by atoms with Crippen LogP contribution in [0.1, 0.15) is 62.5 Å². The molecule has 0 aliphatic carbocycles. The number of nitrogens with one attached hydrogen (secondary N) is 1. The molecule has 6 nitrogen and oxygen atoms in total. The van der Waals surface area contributed by atoms with Gasteiger partial charge in [0, 0.05) is 39.8 Å². The lowest BCUT2D eigenvalue weighted by molar-refractivity contribution is -0.0721. The minimum absolute atomic E-state index is 0. The van der Waals surface area contributed by atoms with E-state index in [0.717, 1.165) is 64.6 Å². The van der Waals surface area contributed by atoms with Gasteiger partial charge in [0.25, 0.3) is 0 Å². The number of ether oxygens (including phenoxy) is 2. The number of benzene rings is 1. The average Bonchev–Trinajstić information content (AvgIpc) is 2.86. The lowest BCUT2D eigenvalue weighted by Crippen LogP contribution is -2.47. The molecule has 3 aliphatic heterocycles. The van der Waals surface area contributed by atoms with Gasteiger partial charge in [-0.3, -0.25) is 9.89 Å². The number of halogens is 1. The minimum Gasteiger partial charge on any atom is -0.376 e. The number of guanidine groups is 1. The van der Waals surface area contributed by atoms with Gasteiger partial charge in [-0.1, -0.05) is 30.7 Å². The zero-order valence-corrected chi connectivity index (χ0v) is 22.7. The summed E-state index contributed by atoms with van der Waals surface area (Å²) >= 11 is 0. The van der Waals surface area contributed by atoms with Crippen molar-refractivity contribution in [2.75, 3.05) is 46.4 Å². The van der Waals surface area contributed by atoms with Crippen LogP contribution in [0, 0.1) is 0 Å². The molecule has 3 heterocycles. The molecule has 3 saturated heterocycles. The predicted octanol–water partition coefficient (Wildman–Crippen LogP) is 4.42. The van der Waals surface area contributed by atoms with E-state index in [1.165, 1.54) is 56.3 Å². The summed E-state index contributed by atoms with van der Waals surface area (Å²) < 4.78 is 12.0. The fourth-order valence-electron chi connectivity index (χ4n) is 5.07. The molecule has 1 atom stereocenters. The predicted molar refractivity (Wildman–Crippen MR) is 145 cm³/mol. The van der Waals surface area contributed by atoms with Crippen molar-refractivity contribution in [3.63, 3.8) is 0 Å². The van der Waals surface area contributed by atoms with Gasteiger partial charge in [0.1, 0.15) is 0 Å². The normalized spacial score (nSPS) is 23.2. The molecule has 3 aliphatic rings. The standard InChI is InChI=1S/C26H42N4O2.HI/c1-27-26(30-16-12-24(13-17-30)32-21-25-7-3-6-18-31-25)28-19-22-8-10-23(11-9-22)20-29-14-4-2-5-15-29;/h8-11,24-25H,2-7,12-21H2,1H3,(H,27,28);1H. The van der Waals surface area contributed by atoms with E-state index in [1.807, 2.05) is 7.05 Å². The molecule has 1 aromatic carbocycles. The number of hydrogen-bond acceptors (Lipinski definition) is 4. The maximum absolute atomic E-state index is 6.16. The van der Waals surface area contributed by atoms with E-state index in [9.17, 15) is 0 Å². The Morgan fingerprint density at radius 1 is 0.970 bits per heavy atom. The number of piperidine rings is 2. The molecule has 0 saturated carbocycles. The maximum Gasteiger partial charge on any atom is 0.193 e. The molecule has 0 aromatic heterocycles. The van der Waals surface area contributed by atoms with Crippen LogP contribution in [-0.2, 0) is 22.6 Å². The highest BCUT2D eigenvalue weighted by atomic mass is 127. The van der Waals surface area contributed by atoms with Crippen molar-refractivity contribution in [2.24, 2.45) is 4.99 Å². The molecule has 0 bridgehead atoms. The third-order valence-corrected chi connectivity index (χ3v) is 7.07. The molecule has 33 heavy (non-hydrogen) atoms. The monoisotopic (exact) mass is 570 g/mol. The third kappa shape index (κ3) is 8.67. The molecule has 0 radical (unpaired) electrons. The lowest BCUT2D eigenvalue weighted by atomic mass is 10.1. The molecule has 3 fully saturated rings. The molecule has 0 amide bonds. The first-order valence-electron chi connectivity index (χ1n) is 12.8. The van der Waals surface area contributed by atoms with Crippen molar-refractivity contribution in [1.29, 1.82) is 0 Å². The lowest BCUT2D eigenvalue weighted by Gasteiger charge is -2.35. The topological polar surface area (TPSA) is 49.3 Å². The van der Waals surface area contributed by atoms with Crippen LogP contribution < -0.4 is 5.32 Å². The first-order chi connectivity index (χ1) is 15.8. The molecular formula is C26H43IN4O2. The number of aliphatic imine (C=N–C) groups is 1. The fraction of sp³-hybridized carbons (Fsp3) is 0.731. The summed E-state index contributed by atoms with van der Waals surface area (Å²) in [5.74, 6) is 0.997. The Labute approximate surface area is 217 Å². The van der Waals surface area contributed by atoms with Crippen molar-refractivity contribution in [2.45, 2.75) is 76.7 Å². The van der Waals surface area contributed by atoms with Crippen molar-refractivity contribution < 1.29 is 9.47 Å². The van der Waals surface area contributed by atoms with Crippen molar-refractivity contribution >= 4 is 29.9 Å². The Kier molecular flexibility index (Phi) is 11.7. The summed E-state index contributed by atoms with van der Waals surface area (Å²) in [5, 5.41) is 3.56. The molecule has 0 spiro atoms. The van der Waals surface area contributed by atoms with Gasteiger partial charge in [-0.25, -0.2) is 0 Å². The number of nitrogens with zero attached hydrogens (tertiary/aromatic N) is 3. The molecular weight excluding hydrogens is 527 g/mol. The van der Waals surface area contributed by atoms with Crippen molar-refractivity contribution in [1.82, 2.24) is 15.1 Å². The Balaban J connectivity index is 0.00000306. The Hall–Kier alpha value is -0.900. The molecule has 1 unspecified atom stereocenters. The van der Waals surface area contributed by atoms with Crippen LogP contribution in [0.3, 0.4) is 0 Å². The first-order valence-corrected chi connectivity index (χ1v) is 12.8. The summed E-state index contributed by atoms with van der Waals surface area (Å²) in [6.07, 6.45) is 10.5. The molecule has 7 heteroatoms. The average molecular weight is 571 g/mol. The highest BCUT2D eigenvalue weighted by Gasteiger charge is 2.23. The maximum atomic E-state index is 6.16. The van der Waals surface area contributed by atoms with Gasteiger partial charge in [-0.15, -0.1) is 24.0 Å². The van der Waals surface area contributed by atoms with Crippen LogP contribution in [0.5, 0.6) is 0 Å². The Bertz CT molecular complexity index is 695. The smallest absolute Gasteiger partial charge is 0.193 e. The van der Waals surface area contributed by atoms with Crippen LogP contribution in [0.25, 0.3) is 0 Å². The zero-order valence-electron chi connectivity index (χ0n) is 20.3. The number of rotatable bonds is 7. The van der Waals surface area contributed by atoms with Gasteiger partial charge in [0.15, 0.2) is 5.96 Å². The first kappa shape index (κ1) is 26.7. The molecule has 1 aromatic rings. The van der Waals surface area contributed by atoms with Crippen LogP contribution in [0.15, 0.2) is 29.3 Å². The van der Waals surface area contributed by atoms with Crippen LogP contribution >= 0.6 is 24.0 Å². The molecule has 186 valence electrons. The summed E-state index contributed by atoms with van der Waals surface area (Å²) in [6.45, 7) is 8.02. The van der Waals surface area contributed by atoms with E-state index in [0.29, 0.717) is 12.2 Å². The van der Waals surface area contributed by atoms with Gasteiger partial charge in [-0.2, -0.15) is 0 Å². The zero-order chi connectivity index (χ0) is 22.0. The quantitative estimate of drug-likeness (QED) is 0.299. The van der Waals surface area contributed by atoms with Gasteiger partial charge < -0.3 is 19.7 Å². The van der Waals surface area contributed by atoms with Crippen LogP contribution in [0.2, 0.25) is 0 Å². The fourth-order valence-corrected chi connectivity index (χ4v) is 5.07. The van der Waals surface area contributed by atoms with Gasteiger partial charge in [-0.05, 0) is 69.2 Å². The van der Waals surface area contributed by atoms with E-state index in [-0.39, 0.29) is 24.0 Å². The van der Waals surface area contributed by atoms with Crippen molar-refractivity contribution in [3.8, 4) is 0 Å². The summed E-state index contributed by atoms with van der Waals surface area (Å²) in [6, 6.07) is 9.08. The SMILES string of the molecule is CN=C(NCc1ccc(CN2CCCCC2)cc1)N1CCC(OCC2CCCCO2)CC1.I. The van der Waals surface area contributed by atoms with Crippen LogP contribution in [-0.4, -0.2) is 74.4 Å². The Morgan fingerprint density at radius 3 is 2.36 bits per heavy atom. The number of hydrogen-bond donors (Lipinski definition) is 1. The summed E-state index contributed by atoms with van der Waals surface area (Å²) in [7, 11) is 1.88. The van der Waals surface area contributed by atoms with E-state index in [1.54, 1.807) is 0 Å². The molecule has 4 rings (SSSR count). The largest absolute Gasteiger partial charge is 0.376 e. The second-order valence-electron chi connectivity index (χ2n) is 9.56. The third-order valence-electron chi connectivity index (χ3n) is 7.07. The van der Waals surface area contributed by atoms with Gasteiger partial charge in [0.2, 0.25) is 0 Å². The highest BCUT2D eigenvalue weighted by molar-refractivity contribution is 14.0.